The van der Waals surface area contributed by atoms with E-state index in [1.165, 1.54) is 0 Å². The first-order chi connectivity index (χ1) is 9.81. The first-order valence-electron chi connectivity index (χ1n) is 7.14. The van der Waals surface area contributed by atoms with Crippen LogP contribution in [0.15, 0.2) is 30.3 Å². The van der Waals surface area contributed by atoms with Gasteiger partial charge in [0, 0.05) is 37.5 Å². The van der Waals surface area contributed by atoms with E-state index in [-0.39, 0.29) is 11.7 Å². The topological polar surface area (TPSA) is 29.5 Å². The predicted molar refractivity (Wildman–Crippen MR) is 79.6 cm³/mol. The van der Waals surface area contributed by atoms with E-state index >= 15 is 0 Å². The number of hydrogen-bond donors (Lipinski definition) is 0. The summed E-state index contributed by atoms with van der Waals surface area (Å²) in [6.07, 6.45) is 6.75. The molecular formula is C17H21NO2. The van der Waals surface area contributed by atoms with Gasteiger partial charge in [0.15, 0.2) is 5.78 Å². The van der Waals surface area contributed by atoms with Crippen LogP contribution in [0.4, 0.5) is 0 Å². The molecule has 0 N–H and O–H groups in total. The van der Waals surface area contributed by atoms with Gasteiger partial charge in [-0.1, -0.05) is 30.3 Å². The lowest BCUT2D eigenvalue weighted by atomic mass is 9.92. The number of benzene rings is 1. The number of nitrogens with zero attached hydrogens (tertiary/aromatic N) is 1. The third-order valence-electron chi connectivity index (χ3n) is 3.65. The van der Waals surface area contributed by atoms with Crippen molar-refractivity contribution in [1.29, 1.82) is 0 Å². The first kappa shape index (κ1) is 14.8. The minimum atomic E-state index is -0.0217. The van der Waals surface area contributed by atoms with E-state index < -0.39 is 0 Å². The Kier molecular flexibility index (Phi) is 5.79. The normalized spacial score (nSPS) is 17.4. The molecule has 1 aliphatic rings. The summed E-state index contributed by atoms with van der Waals surface area (Å²) in [7, 11) is 0. The molecule has 20 heavy (non-hydrogen) atoms. The fourth-order valence-electron chi connectivity index (χ4n) is 2.50. The molecule has 1 aromatic rings. The van der Waals surface area contributed by atoms with Crippen molar-refractivity contribution in [1.82, 2.24) is 4.90 Å². The van der Waals surface area contributed by atoms with Crippen molar-refractivity contribution in [3.05, 3.63) is 35.9 Å². The van der Waals surface area contributed by atoms with Crippen LogP contribution in [0.25, 0.3) is 0 Å². The molecule has 0 saturated carbocycles. The van der Waals surface area contributed by atoms with Crippen molar-refractivity contribution in [3.8, 4) is 12.3 Å². The highest BCUT2D eigenvalue weighted by Crippen LogP contribution is 2.16. The molecule has 1 saturated heterocycles. The molecule has 1 atom stereocenters. The van der Waals surface area contributed by atoms with Crippen molar-refractivity contribution < 1.29 is 9.53 Å². The second-order valence-electron chi connectivity index (χ2n) is 5.08. The third-order valence-corrected chi connectivity index (χ3v) is 3.65. The fourth-order valence-corrected chi connectivity index (χ4v) is 2.50. The average Bonchev–Trinajstić information content (AvgIpc) is 2.52. The van der Waals surface area contributed by atoms with Crippen molar-refractivity contribution in [2.75, 3.05) is 32.8 Å². The summed E-state index contributed by atoms with van der Waals surface area (Å²) in [5.41, 5.74) is 0.780. The highest BCUT2D eigenvalue weighted by Gasteiger charge is 2.23. The van der Waals surface area contributed by atoms with Gasteiger partial charge in [0.05, 0.1) is 13.2 Å². The average molecular weight is 271 g/mol. The van der Waals surface area contributed by atoms with Gasteiger partial charge in [-0.2, -0.15) is 0 Å². The monoisotopic (exact) mass is 271 g/mol. The molecule has 0 spiro atoms. The van der Waals surface area contributed by atoms with Gasteiger partial charge in [0.25, 0.3) is 0 Å². The van der Waals surface area contributed by atoms with E-state index in [1.807, 2.05) is 30.3 Å². The van der Waals surface area contributed by atoms with Gasteiger partial charge in [-0.3, -0.25) is 9.69 Å². The van der Waals surface area contributed by atoms with E-state index in [0.29, 0.717) is 6.42 Å². The second kappa shape index (κ2) is 7.84. The zero-order valence-electron chi connectivity index (χ0n) is 11.8. The molecule has 1 fully saturated rings. The number of rotatable bonds is 6. The van der Waals surface area contributed by atoms with Crippen LogP contribution >= 0.6 is 0 Å². The summed E-state index contributed by atoms with van der Waals surface area (Å²) in [5.74, 6) is 2.83. The van der Waals surface area contributed by atoms with Crippen LogP contribution in [0.5, 0.6) is 0 Å². The Morgan fingerprint density at radius 3 is 2.65 bits per heavy atom. The van der Waals surface area contributed by atoms with Crippen molar-refractivity contribution in [3.63, 3.8) is 0 Å². The van der Waals surface area contributed by atoms with Crippen LogP contribution in [0, 0.1) is 18.3 Å². The summed E-state index contributed by atoms with van der Waals surface area (Å²) >= 11 is 0. The molecule has 1 aromatic carbocycles. The minimum Gasteiger partial charge on any atom is -0.379 e. The molecule has 0 amide bonds. The van der Waals surface area contributed by atoms with Crippen LogP contribution in [0.1, 0.15) is 23.2 Å². The smallest absolute Gasteiger partial charge is 0.167 e. The number of morpholine rings is 1. The number of Topliss-reactive ketones (excluding diaryl/α,β-unsaturated/α-hetero) is 1. The zero-order chi connectivity index (χ0) is 14.2. The van der Waals surface area contributed by atoms with Gasteiger partial charge < -0.3 is 4.74 Å². The Labute approximate surface area is 120 Å². The molecule has 2 rings (SSSR count). The maximum atomic E-state index is 12.6. The highest BCUT2D eigenvalue weighted by molar-refractivity contribution is 5.97. The van der Waals surface area contributed by atoms with Crippen LogP contribution in [0.3, 0.4) is 0 Å². The lowest BCUT2D eigenvalue weighted by Gasteiger charge is -2.29. The van der Waals surface area contributed by atoms with Gasteiger partial charge in [0.2, 0.25) is 0 Å². The summed E-state index contributed by atoms with van der Waals surface area (Å²) < 4.78 is 5.35. The second-order valence-corrected chi connectivity index (χ2v) is 5.08. The lowest BCUT2D eigenvalue weighted by molar-refractivity contribution is 0.0296. The zero-order valence-corrected chi connectivity index (χ0v) is 11.8. The van der Waals surface area contributed by atoms with Crippen LogP contribution in [-0.4, -0.2) is 43.5 Å². The van der Waals surface area contributed by atoms with Gasteiger partial charge >= 0.3 is 0 Å². The van der Waals surface area contributed by atoms with E-state index in [9.17, 15) is 4.79 Å². The molecule has 1 heterocycles. The Morgan fingerprint density at radius 2 is 2.00 bits per heavy atom. The van der Waals surface area contributed by atoms with E-state index in [1.54, 1.807) is 0 Å². The number of ether oxygens (including phenoxy) is 1. The quantitative estimate of drug-likeness (QED) is 0.587. The molecule has 3 nitrogen and oxygen atoms in total. The standard InChI is InChI=1S/C17H21NO2/c1-2-3-7-16(14-18-10-12-20-13-11-18)17(19)15-8-5-4-6-9-15/h1,4-6,8-9,16H,3,7,10-14H2. The third kappa shape index (κ3) is 4.19. The first-order valence-corrected chi connectivity index (χ1v) is 7.14. The molecule has 0 radical (unpaired) electrons. The van der Waals surface area contributed by atoms with Crippen LogP contribution in [0.2, 0.25) is 0 Å². The highest BCUT2D eigenvalue weighted by atomic mass is 16.5. The summed E-state index contributed by atoms with van der Waals surface area (Å²) in [4.78, 5) is 14.9. The van der Waals surface area contributed by atoms with E-state index in [0.717, 1.165) is 44.8 Å². The lowest BCUT2D eigenvalue weighted by Crippen LogP contribution is -2.41. The van der Waals surface area contributed by atoms with Gasteiger partial charge in [-0.25, -0.2) is 0 Å². The molecule has 1 aliphatic heterocycles. The molecule has 0 aromatic heterocycles. The van der Waals surface area contributed by atoms with Gasteiger partial charge in [-0.05, 0) is 6.42 Å². The van der Waals surface area contributed by atoms with Crippen LogP contribution in [-0.2, 0) is 4.74 Å². The Hall–Kier alpha value is -1.63. The largest absolute Gasteiger partial charge is 0.379 e. The van der Waals surface area contributed by atoms with Crippen molar-refractivity contribution in [2.24, 2.45) is 5.92 Å². The minimum absolute atomic E-state index is 0.0217. The number of hydrogen-bond acceptors (Lipinski definition) is 3. The molecular weight excluding hydrogens is 250 g/mol. The number of carbonyl (C=O) groups excluding carboxylic acids is 1. The van der Waals surface area contributed by atoms with Gasteiger partial charge in [0.1, 0.15) is 0 Å². The van der Waals surface area contributed by atoms with Crippen molar-refractivity contribution >= 4 is 5.78 Å². The molecule has 1 unspecified atom stereocenters. The summed E-state index contributed by atoms with van der Waals surface area (Å²) in [6.45, 7) is 4.07. The summed E-state index contributed by atoms with van der Waals surface area (Å²) in [5, 5.41) is 0. The molecule has 3 heteroatoms. The molecule has 0 aliphatic carbocycles. The maximum Gasteiger partial charge on any atom is 0.167 e. The van der Waals surface area contributed by atoms with Gasteiger partial charge in [-0.15, -0.1) is 12.3 Å². The molecule has 106 valence electrons. The Morgan fingerprint density at radius 1 is 1.30 bits per heavy atom. The van der Waals surface area contributed by atoms with Crippen molar-refractivity contribution in [2.45, 2.75) is 12.8 Å². The number of ketones is 1. The Balaban J connectivity index is 2.02. The predicted octanol–water partition coefficient (Wildman–Crippen LogP) is 2.23. The number of carbonyl (C=O) groups is 1. The number of terminal acetylenes is 1. The van der Waals surface area contributed by atoms with E-state index in [2.05, 4.69) is 10.8 Å². The Bertz CT molecular complexity index is 458. The maximum absolute atomic E-state index is 12.6. The SMILES string of the molecule is C#CCCC(CN1CCOCC1)C(=O)c1ccccc1. The van der Waals surface area contributed by atoms with E-state index in [4.69, 9.17) is 11.2 Å². The molecule has 0 bridgehead atoms. The fraction of sp³-hybridized carbons (Fsp3) is 0.471. The van der Waals surface area contributed by atoms with Crippen LogP contribution < -0.4 is 0 Å². The summed E-state index contributed by atoms with van der Waals surface area (Å²) in [6, 6.07) is 9.49.